The van der Waals surface area contributed by atoms with Crippen LogP contribution in [0.1, 0.15) is 43.7 Å². The zero-order chi connectivity index (χ0) is 14.8. The molecule has 21 heavy (non-hydrogen) atoms. The van der Waals surface area contributed by atoms with E-state index < -0.39 is 0 Å². The Bertz CT molecular complexity index is 626. The van der Waals surface area contributed by atoms with Crippen molar-refractivity contribution in [2.24, 2.45) is 5.92 Å². The van der Waals surface area contributed by atoms with Crippen LogP contribution in [0.3, 0.4) is 0 Å². The van der Waals surface area contributed by atoms with E-state index in [0.717, 1.165) is 28.9 Å². The molecule has 3 rings (SSSR count). The number of nitrogens with zero attached hydrogens (tertiary/aromatic N) is 2. The Morgan fingerprint density at radius 1 is 1.43 bits per heavy atom. The third-order valence-electron chi connectivity index (χ3n) is 4.20. The summed E-state index contributed by atoms with van der Waals surface area (Å²) in [6.07, 6.45) is 3.52. The van der Waals surface area contributed by atoms with Gasteiger partial charge in [0.05, 0.1) is 6.04 Å². The number of benzene rings is 1. The molecule has 0 bridgehead atoms. The number of aryl methyl sites for hydroxylation is 1. The van der Waals surface area contributed by atoms with E-state index >= 15 is 0 Å². The molecule has 1 saturated heterocycles. The highest BCUT2D eigenvalue weighted by molar-refractivity contribution is 9.10. The van der Waals surface area contributed by atoms with Gasteiger partial charge < -0.3 is 9.84 Å². The van der Waals surface area contributed by atoms with Gasteiger partial charge in [0, 0.05) is 10.0 Å². The van der Waals surface area contributed by atoms with Crippen LogP contribution in [0.4, 0.5) is 0 Å². The molecule has 0 radical (unpaired) electrons. The lowest BCUT2D eigenvalue weighted by Gasteiger charge is -2.27. The number of hydrogen-bond donors (Lipinski definition) is 1. The monoisotopic (exact) mass is 349 g/mol. The second-order valence-corrected chi connectivity index (χ2v) is 6.60. The molecule has 1 aromatic heterocycles. The van der Waals surface area contributed by atoms with Gasteiger partial charge in [-0.05, 0) is 49.9 Å². The largest absolute Gasteiger partial charge is 0.337 e. The van der Waals surface area contributed by atoms with Crippen molar-refractivity contribution < 1.29 is 4.52 Å². The molecule has 0 spiro atoms. The number of halogens is 1. The Morgan fingerprint density at radius 2 is 2.29 bits per heavy atom. The van der Waals surface area contributed by atoms with Crippen LogP contribution < -0.4 is 5.32 Å². The van der Waals surface area contributed by atoms with Crippen molar-refractivity contribution >= 4 is 15.9 Å². The standard InChI is InChI=1S/C16H20BrN3O/c1-3-11-6-7-18-14(9-11)16-19-15(20-21-16)12-5-4-10(2)8-13(12)17/h4-5,8,11,14,18H,3,6-7,9H2,1-2H3. The second-order valence-electron chi connectivity index (χ2n) is 5.74. The van der Waals surface area contributed by atoms with E-state index in [0.29, 0.717) is 11.7 Å². The summed E-state index contributed by atoms with van der Waals surface area (Å²) in [5, 5.41) is 7.63. The average molecular weight is 350 g/mol. The van der Waals surface area contributed by atoms with Gasteiger partial charge in [0.25, 0.3) is 0 Å². The van der Waals surface area contributed by atoms with Crippen molar-refractivity contribution in [1.82, 2.24) is 15.5 Å². The number of piperidine rings is 1. The molecule has 0 saturated carbocycles. The topological polar surface area (TPSA) is 51.0 Å². The molecule has 4 nitrogen and oxygen atoms in total. The highest BCUT2D eigenvalue weighted by Crippen LogP contribution is 2.31. The summed E-state index contributed by atoms with van der Waals surface area (Å²) in [5.41, 5.74) is 2.17. The predicted octanol–water partition coefficient (Wildman–Crippen LogP) is 4.26. The third kappa shape index (κ3) is 3.19. The third-order valence-corrected chi connectivity index (χ3v) is 4.85. The van der Waals surface area contributed by atoms with Crippen molar-refractivity contribution in [3.8, 4) is 11.4 Å². The van der Waals surface area contributed by atoms with Crippen LogP contribution in [0.15, 0.2) is 27.2 Å². The molecular weight excluding hydrogens is 330 g/mol. The quantitative estimate of drug-likeness (QED) is 0.899. The SMILES string of the molecule is CCC1CCNC(c2nc(-c3ccc(C)cc3Br)no2)C1. The lowest BCUT2D eigenvalue weighted by atomic mass is 9.90. The Balaban J connectivity index is 1.83. The van der Waals surface area contributed by atoms with Crippen LogP contribution in [0.25, 0.3) is 11.4 Å². The van der Waals surface area contributed by atoms with Gasteiger partial charge >= 0.3 is 0 Å². The fourth-order valence-corrected chi connectivity index (χ4v) is 3.51. The van der Waals surface area contributed by atoms with E-state index in [9.17, 15) is 0 Å². The molecule has 1 aromatic carbocycles. The molecule has 112 valence electrons. The Kier molecular flexibility index (Phi) is 4.40. The maximum absolute atomic E-state index is 5.49. The summed E-state index contributed by atoms with van der Waals surface area (Å²) in [5.74, 6) is 2.10. The number of nitrogens with one attached hydrogen (secondary N) is 1. The molecule has 2 atom stereocenters. The van der Waals surface area contributed by atoms with Gasteiger partial charge in [0.1, 0.15) is 0 Å². The smallest absolute Gasteiger partial charge is 0.244 e. The summed E-state index contributed by atoms with van der Waals surface area (Å²) >= 11 is 3.57. The van der Waals surface area contributed by atoms with E-state index in [1.165, 1.54) is 18.4 Å². The van der Waals surface area contributed by atoms with Crippen LogP contribution in [0.5, 0.6) is 0 Å². The van der Waals surface area contributed by atoms with Crippen molar-refractivity contribution in [3.63, 3.8) is 0 Å². The minimum absolute atomic E-state index is 0.189. The first-order valence-corrected chi connectivity index (χ1v) is 8.30. The first-order chi connectivity index (χ1) is 10.2. The lowest BCUT2D eigenvalue weighted by Crippen LogP contribution is -2.31. The Labute approximate surface area is 133 Å². The maximum atomic E-state index is 5.49. The van der Waals surface area contributed by atoms with Crippen LogP contribution in [0, 0.1) is 12.8 Å². The van der Waals surface area contributed by atoms with E-state index in [4.69, 9.17) is 4.52 Å². The minimum Gasteiger partial charge on any atom is -0.337 e. The van der Waals surface area contributed by atoms with Gasteiger partial charge in [-0.1, -0.05) is 40.5 Å². The van der Waals surface area contributed by atoms with Gasteiger partial charge in [0.2, 0.25) is 11.7 Å². The summed E-state index contributed by atoms with van der Waals surface area (Å²) < 4.78 is 6.49. The van der Waals surface area contributed by atoms with Crippen LogP contribution >= 0.6 is 15.9 Å². The summed E-state index contributed by atoms with van der Waals surface area (Å²) in [4.78, 5) is 4.59. The predicted molar refractivity (Wildman–Crippen MR) is 85.9 cm³/mol. The van der Waals surface area contributed by atoms with Crippen molar-refractivity contribution in [1.29, 1.82) is 0 Å². The number of hydrogen-bond acceptors (Lipinski definition) is 4. The van der Waals surface area contributed by atoms with E-state index in [1.54, 1.807) is 0 Å². The zero-order valence-electron chi connectivity index (χ0n) is 12.4. The normalized spacial score (nSPS) is 22.4. The molecule has 2 aromatic rings. The molecule has 2 heterocycles. The first kappa shape index (κ1) is 14.7. The van der Waals surface area contributed by atoms with Crippen molar-refractivity contribution in [2.45, 2.75) is 39.2 Å². The van der Waals surface area contributed by atoms with Crippen LogP contribution in [0.2, 0.25) is 0 Å². The molecule has 0 amide bonds. The summed E-state index contributed by atoms with van der Waals surface area (Å²) in [7, 11) is 0. The Hall–Kier alpha value is -1.20. The van der Waals surface area contributed by atoms with Gasteiger partial charge in [-0.15, -0.1) is 0 Å². The Morgan fingerprint density at radius 3 is 3.05 bits per heavy atom. The van der Waals surface area contributed by atoms with Gasteiger partial charge in [-0.3, -0.25) is 0 Å². The fourth-order valence-electron chi connectivity index (χ4n) is 2.84. The molecule has 5 heteroatoms. The molecule has 0 aliphatic carbocycles. The molecule has 1 aliphatic rings. The molecular formula is C16H20BrN3O. The average Bonchev–Trinajstić information content (AvgIpc) is 2.97. The lowest BCUT2D eigenvalue weighted by molar-refractivity contribution is 0.246. The molecule has 1 aliphatic heterocycles. The van der Waals surface area contributed by atoms with Gasteiger partial charge in [-0.25, -0.2) is 0 Å². The van der Waals surface area contributed by atoms with Gasteiger partial charge in [0.15, 0.2) is 0 Å². The minimum atomic E-state index is 0.189. The zero-order valence-corrected chi connectivity index (χ0v) is 14.0. The van der Waals surface area contributed by atoms with E-state index in [1.807, 2.05) is 6.07 Å². The summed E-state index contributed by atoms with van der Waals surface area (Å²) in [6.45, 7) is 5.33. The maximum Gasteiger partial charge on any atom is 0.244 e. The fraction of sp³-hybridized carbons (Fsp3) is 0.500. The second kappa shape index (κ2) is 6.28. The van der Waals surface area contributed by atoms with E-state index in [-0.39, 0.29) is 6.04 Å². The number of rotatable bonds is 3. The van der Waals surface area contributed by atoms with Crippen LogP contribution in [-0.2, 0) is 0 Å². The van der Waals surface area contributed by atoms with Gasteiger partial charge in [-0.2, -0.15) is 4.98 Å². The molecule has 1 N–H and O–H groups in total. The van der Waals surface area contributed by atoms with Crippen LogP contribution in [-0.4, -0.2) is 16.7 Å². The van der Waals surface area contributed by atoms with Crippen molar-refractivity contribution in [3.05, 3.63) is 34.1 Å². The molecule has 1 fully saturated rings. The van der Waals surface area contributed by atoms with E-state index in [2.05, 4.69) is 57.4 Å². The highest BCUT2D eigenvalue weighted by atomic mass is 79.9. The first-order valence-electron chi connectivity index (χ1n) is 7.51. The summed E-state index contributed by atoms with van der Waals surface area (Å²) in [6, 6.07) is 6.34. The van der Waals surface area contributed by atoms with Crippen molar-refractivity contribution in [2.75, 3.05) is 6.54 Å². The molecule has 2 unspecified atom stereocenters. The number of aromatic nitrogens is 2. The highest BCUT2D eigenvalue weighted by Gasteiger charge is 2.26.